The van der Waals surface area contributed by atoms with Crippen molar-refractivity contribution in [2.24, 2.45) is 0 Å². The summed E-state index contributed by atoms with van der Waals surface area (Å²) in [5.74, 6) is 1.17. The maximum absolute atomic E-state index is 13.1. The Balaban J connectivity index is 1.82. The Morgan fingerprint density at radius 1 is 1.10 bits per heavy atom. The number of aromatic nitrogens is 2. The van der Waals surface area contributed by atoms with Crippen LogP contribution in [0.1, 0.15) is 36.1 Å². The Kier molecular flexibility index (Phi) is 5.02. The number of aryl methyl sites for hydroxylation is 1. The van der Waals surface area contributed by atoms with E-state index in [-0.39, 0.29) is 16.9 Å². The van der Waals surface area contributed by atoms with Gasteiger partial charge >= 0.3 is 6.18 Å². The summed E-state index contributed by atoms with van der Waals surface area (Å²) in [5, 5.41) is 3.30. The summed E-state index contributed by atoms with van der Waals surface area (Å²) >= 11 is 0. The molecule has 156 valence electrons. The van der Waals surface area contributed by atoms with E-state index in [9.17, 15) is 13.2 Å². The third-order valence-electron chi connectivity index (χ3n) is 5.81. The van der Waals surface area contributed by atoms with Crippen LogP contribution in [0.2, 0.25) is 0 Å². The minimum atomic E-state index is -4.51. The predicted octanol–water partition coefficient (Wildman–Crippen LogP) is 3.00. The first kappa shape index (κ1) is 19.8. The summed E-state index contributed by atoms with van der Waals surface area (Å²) < 4.78 is 39.3. The van der Waals surface area contributed by atoms with E-state index in [1.54, 1.807) is 0 Å². The lowest BCUT2D eigenvalue weighted by atomic mass is 9.95. The van der Waals surface area contributed by atoms with Crippen LogP contribution in [0.4, 0.5) is 30.4 Å². The lowest BCUT2D eigenvalue weighted by Gasteiger charge is -2.26. The molecule has 0 amide bonds. The fraction of sp³-hybridized carbons (Fsp3) is 0.500. The summed E-state index contributed by atoms with van der Waals surface area (Å²) in [6.07, 6.45) is 0.331. The van der Waals surface area contributed by atoms with Crippen molar-refractivity contribution in [1.82, 2.24) is 15.3 Å². The fourth-order valence-corrected chi connectivity index (χ4v) is 4.25. The molecule has 9 heteroatoms. The maximum Gasteiger partial charge on any atom is 0.416 e. The Morgan fingerprint density at radius 2 is 1.79 bits per heavy atom. The molecule has 1 aromatic heterocycles. The molecule has 1 saturated heterocycles. The summed E-state index contributed by atoms with van der Waals surface area (Å²) in [4.78, 5) is 11.7. The lowest BCUT2D eigenvalue weighted by molar-refractivity contribution is -0.137. The molecule has 2 aliphatic rings. The zero-order valence-electron chi connectivity index (χ0n) is 16.3. The molecule has 1 unspecified atom stereocenters. The monoisotopic (exact) mass is 406 g/mol. The van der Waals surface area contributed by atoms with Crippen molar-refractivity contribution in [3.63, 3.8) is 0 Å². The minimum Gasteiger partial charge on any atom is -0.398 e. The number of nitrogen functional groups attached to an aromatic ring is 2. The molecule has 29 heavy (non-hydrogen) atoms. The Hall–Kier alpha value is -2.55. The van der Waals surface area contributed by atoms with Gasteiger partial charge in [0.25, 0.3) is 0 Å². The smallest absolute Gasteiger partial charge is 0.398 e. The van der Waals surface area contributed by atoms with E-state index in [0.717, 1.165) is 74.4 Å². The van der Waals surface area contributed by atoms with Crippen LogP contribution in [-0.2, 0) is 19.0 Å². The van der Waals surface area contributed by atoms with Crippen molar-refractivity contribution >= 4 is 17.2 Å². The van der Waals surface area contributed by atoms with Gasteiger partial charge in [-0.05, 0) is 51.3 Å². The van der Waals surface area contributed by atoms with Crippen molar-refractivity contribution in [2.45, 2.75) is 44.3 Å². The molecule has 4 rings (SSSR count). The van der Waals surface area contributed by atoms with Crippen LogP contribution in [0.25, 0.3) is 11.4 Å². The second-order valence-electron chi connectivity index (χ2n) is 7.75. The molecule has 1 atom stereocenters. The quantitative estimate of drug-likeness (QED) is 0.679. The van der Waals surface area contributed by atoms with Crippen LogP contribution < -0.4 is 21.7 Å². The molecular weight excluding hydrogens is 381 g/mol. The molecule has 0 saturated carbocycles. The highest BCUT2D eigenvalue weighted by molar-refractivity contribution is 5.84. The highest BCUT2D eigenvalue weighted by atomic mass is 19.4. The molecule has 0 spiro atoms. The first-order chi connectivity index (χ1) is 13.8. The first-order valence-corrected chi connectivity index (χ1v) is 9.86. The number of rotatable bonds is 3. The molecule has 5 N–H and O–H groups in total. The zero-order chi connectivity index (χ0) is 20.8. The highest BCUT2D eigenvalue weighted by Gasteiger charge is 2.33. The van der Waals surface area contributed by atoms with E-state index in [4.69, 9.17) is 16.5 Å². The van der Waals surface area contributed by atoms with E-state index >= 15 is 0 Å². The SMILES string of the molecule is CNC1CCN(c2nc(-c3c(N)cc(C(F)(F)F)cc3N)nc3c2CCCC3)C1. The summed E-state index contributed by atoms with van der Waals surface area (Å²) in [6, 6.07) is 2.19. The average Bonchev–Trinajstić information content (AvgIpc) is 3.15. The molecule has 2 heterocycles. The van der Waals surface area contributed by atoms with Gasteiger partial charge < -0.3 is 21.7 Å². The Morgan fingerprint density at radius 3 is 2.41 bits per heavy atom. The largest absolute Gasteiger partial charge is 0.416 e. The molecule has 6 nitrogen and oxygen atoms in total. The van der Waals surface area contributed by atoms with Crippen molar-refractivity contribution in [3.05, 3.63) is 29.0 Å². The normalized spacial score (nSPS) is 19.4. The topological polar surface area (TPSA) is 93.1 Å². The number of hydrogen-bond donors (Lipinski definition) is 3. The van der Waals surface area contributed by atoms with Gasteiger partial charge in [0.2, 0.25) is 0 Å². The number of nitrogens with one attached hydrogen (secondary N) is 1. The van der Waals surface area contributed by atoms with E-state index in [2.05, 4.69) is 15.2 Å². The van der Waals surface area contributed by atoms with Gasteiger partial charge in [-0.1, -0.05) is 0 Å². The highest BCUT2D eigenvalue weighted by Crippen LogP contribution is 2.39. The van der Waals surface area contributed by atoms with E-state index in [1.807, 2.05) is 7.05 Å². The second kappa shape index (κ2) is 7.37. The van der Waals surface area contributed by atoms with Gasteiger partial charge in [-0.25, -0.2) is 9.97 Å². The number of nitrogens with two attached hydrogens (primary N) is 2. The van der Waals surface area contributed by atoms with Gasteiger partial charge in [-0.15, -0.1) is 0 Å². The van der Waals surface area contributed by atoms with Crippen LogP contribution in [0, 0.1) is 0 Å². The number of likely N-dealkylation sites (N-methyl/N-ethyl adjacent to an activating group) is 1. The van der Waals surface area contributed by atoms with Gasteiger partial charge in [0.1, 0.15) is 5.82 Å². The number of alkyl halides is 3. The lowest BCUT2D eigenvalue weighted by Crippen LogP contribution is -2.31. The van der Waals surface area contributed by atoms with Crippen LogP contribution in [0.3, 0.4) is 0 Å². The van der Waals surface area contributed by atoms with E-state index in [0.29, 0.717) is 11.9 Å². The second-order valence-corrected chi connectivity index (χ2v) is 7.75. The van der Waals surface area contributed by atoms with Gasteiger partial charge in [0, 0.05) is 41.8 Å². The number of anilines is 3. The summed E-state index contributed by atoms with van der Waals surface area (Å²) in [6.45, 7) is 1.70. The molecular formula is C20H25F3N6. The zero-order valence-corrected chi connectivity index (χ0v) is 16.3. The van der Waals surface area contributed by atoms with E-state index in [1.165, 1.54) is 0 Å². The van der Waals surface area contributed by atoms with Gasteiger partial charge in [0.05, 0.1) is 11.1 Å². The van der Waals surface area contributed by atoms with Crippen LogP contribution in [0.15, 0.2) is 12.1 Å². The molecule has 1 fully saturated rings. The molecule has 0 bridgehead atoms. The number of nitrogens with zero attached hydrogens (tertiary/aromatic N) is 3. The van der Waals surface area contributed by atoms with Crippen LogP contribution in [0.5, 0.6) is 0 Å². The number of fused-ring (bicyclic) bond motifs is 1. The van der Waals surface area contributed by atoms with E-state index < -0.39 is 11.7 Å². The van der Waals surface area contributed by atoms with Crippen molar-refractivity contribution in [1.29, 1.82) is 0 Å². The first-order valence-electron chi connectivity index (χ1n) is 9.86. The number of benzene rings is 1. The molecule has 1 aliphatic heterocycles. The molecule has 2 aromatic rings. The fourth-order valence-electron chi connectivity index (χ4n) is 4.25. The Labute approximate surface area is 167 Å². The number of hydrogen-bond acceptors (Lipinski definition) is 6. The van der Waals surface area contributed by atoms with Crippen molar-refractivity contribution < 1.29 is 13.2 Å². The number of halogens is 3. The van der Waals surface area contributed by atoms with Gasteiger partial charge in [-0.3, -0.25) is 0 Å². The van der Waals surface area contributed by atoms with Crippen molar-refractivity contribution in [2.75, 3.05) is 36.5 Å². The third-order valence-corrected chi connectivity index (χ3v) is 5.81. The molecule has 0 radical (unpaired) electrons. The summed E-state index contributed by atoms with van der Waals surface area (Å²) in [5.41, 5.74) is 13.4. The van der Waals surface area contributed by atoms with Crippen LogP contribution >= 0.6 is 0 Å². The third kappa shape index (κ3) is 3.71. The molecule has 1 aromatic carbocycles. The molecule has 1 aliphatic carbocycles. The van der Waals surface area contributed by atoms with Gasteiger partial charge in [-0.2, -0.15) is 13.2 Å². The minimum absolute atomic E-state index is 0.0615. The predicted molar refractivity (Wildman–Crippen MR) is 108 cm³/mol. The average molecular weight is 406 g/mol. The summed E-state index contributed by atoms with van der Waals surface area (Å²) in [7, 11) is 1.94. The maximum atomic E-state index is 13.1. The van der Waals surface area contributed by atoms with Crippen LogP contribution in [-0.4, -0.2) is 36.1 Å². The Bertz CT molecular complexity index is 904. The standard InChI is InChI=1S/C20H25F3N6/c1-26-12-6-7-29(10-12)19-13-4-2-3-5-16(13)27-18(28-19)17-14(24)8-11(9-15(17)25)20(21,22)23/h8-9,12,26H,2-7,10,24-25H2,1H3. The van der Waals surface area contributed by atoms with Crippen molar-refractivity contribution in [3.8, 4) is 11.4 Å². The van der Waals surface area contributed by atoms with Gasteiger partial charge in [0.15, 0.2) is 5.82 Å².